The summed E-state index contributed by atoms with van der Waals surface area (Å²) < 4.78 is 0. The highest BCUT2D eigenvalue weighted by atomic mass is 35.5. The largest absolute Gasteiger partial charge is 0.349 e. The van der Waals surface area contributed by atoms with Gasteiger partial charge < -0.3 is 10.2 Å². The van der Waals surface area contributed by atoms with Crippen molar-refractivity contribution in [1.82, 2.24) is 10.2 Å². The second-order valence-corrected chi connectivity index (χ2v) is 10.4. The summed E-state index contributed by atoms with van der Waals surface area (Å²) in [6, 6.07) is 17.3. The molecule has 2 amide bonds. The molecule has 4 rings (SSSR count). The average molecular weight is 453 g/mol. The number of rotatable bonds is 4. The van der Waals surface area contributed by atoms with Crippen molar-refractivity contribution in [3.05, 3.63) is 70.7 Å². The molecule has 4 nitrogen and oxygen atoms in total. The lowest BCUT2D eigenvalue weighted by atomic mass is 9.70. The molecule has 1 saturated heterocycles. The lowest BCUT2D eigenvalue weighted by Crippen LogP contribution is -2.54. The lowest BCUT2D eigenvalue weighted by Gasteiger charge is -2.46. The fraction of sp³-hybridized carbons (Fsp3) is 0.481. The molecule has 1 saturated carbocycles. The fourth-order valence-electron chi connectivity index (χ4n) is 5.53. The Morgan fingerprint density at radius 3 is 2.34 bits per heavy atom. The molecule has 0 bridgehead atoms. The van der Waals surface area contributed by atoms with Crippen molar-refractivity contribution in [3.63, 3.8) is 0 Å². The van der Waals surface area contributed by atoms with Gasteiger partial charge in [0.2, 0.25) is 5.91 Å². The Bertz CT molecular complexity index is 942. The first kappa shape index (κ1) is 22.8. The molecular weight excluding hydrogens is 420 g/mol. The lowest BCUT2D eigenvalue weighted by molar-refractivity contribution is -0.141. The van der Waals surface area contributed by atoms with E-state index in [0.29, 0.717) is 11.5 Å². The smallest absolute Gasteiger partial charge is 0.251 e. The van der Waals surface area contributed by atoms with E-state index in [1.54, 1.807) is 0 Å². The van der Waals surface area contributed by atoms with Crippen LogP contribution in [0.3, 0.4) is 0 Å². The van der Waals surface area contributed by atoms with Crippen molar-refractivity contribution < 1.29 is 9.59 Å². The monoisotopic (exact) mass is 452 g/mol. The summed E-state index contributed by atoms with van der Waals surface area (Å²) >= 11 is 6.08. The molecule has 1 heterocycles. The number of likely N-dealkylation sites (tertiary alicyclic amines) is 1. The number of amides is 2. The van der Waals surface area contributed by atoms with E-state index in [4.69, 9.17) is 11.6 Å². The number of piperidine rings is 1. The molecule has 5 heteroatoms. The molecule has 1 N–H and O–H groups in total. The van der Waals surface area contributed by atoms with Crippen LogP contribution in [0.2, 0.25) is 5.02 Å². The van der Waals surface area contributed by atoms with Crippen LogP contribution in [-0.2, 0) is 4.79 Å². The minimum Gasteiger partial charge on any atom is -0.349 e. The van der Waals surface area contributed by atoms with E-state index in [0.717, 1.165) is 50.2 Å². The molecule has 0 radical (unpaired) electrons. The number of halogens is 1. The molecule has 1 aliphatic heterocycles. The molecule has 2 aliphatic rings. The summed E-state index contributed by atoms with van der Waals surface area (Å²) in [5, 5.41) is 3.92. The minimum absolute atomic E-state index is 0.0286. The number of nitrogens with one attached hydrogen (secondary N) is 1. The van der Waals surface area contributed by atoms with Crippen molar-refractivity contribution >= 4 is 23.4 Å². The quantitative estimate of drug-likeness (QED) is 0.649. The van der Waals surface area contributed by atoms with Gasteiger partial charge in [0.05, 0.1) is 5.92 Å². The maximum Gasteiger partial charge on any atom is 0.251 e. The zero-order valence-corrected chi connectivity index (χ0v) is 19.8. The molecule has 2 aromatic rings. The number of hydrogen-bond donors (Lipinski definition) is 1. The third kappa shape index (κ3) is 5.01. The highest BCUT2D eigenvalue weighted by molar-refractivity contribution is 6.30. The van der Waals surface area contributed by atoms with Gasteiger partial charge in [-0.2, -0.15) is 0 Å². The Morgan fingerprint density at radius 2 is 1.66 bits per heavy atom. The molecule has 2 fully saturated rings. The van der Waals surface area contributed by atoms with E-state index in [-0.39, 0.29) is 29.2 Å². The van der Waals surface area contributed by atoms with E-state index >= 15 is 0 Å². The maximum atomic E-state index is 13.6. The predicted molar refractivity (Wildman–Crippen MR) is 129 cm³/mol. The zero-order valence-electron chi connectivity index (χ0n) is 19.0. The highest BCUT2D eigenvalue weighted by Crippen LogP contribution is 2.43. The second-order valence-electron chi connectivity index (χ2n) is 9.98. The standard InChI is InChI=1S/C27H33ClN2O2/c1-27(2)18-30(17-16-23(27)19-12-14-21(28)15-13-19)26(32)22-10-6-7-11-24(22)29-25(31)20-8-4-3-5-9-20/h3-5,8-9,12-15,22-24H,6-7,10-11,16-18H2,1-2H3,(H,29,31)/t22-,23?,24+/m0/s1. The van der Waals surface area contributed by atoms with Gasteiger partial charge in [-0.3, -0.25) is 9.59 Å². The van der Waals surface area contributed by atoms with E-state index in [2.05, 4.69) is 31.3 Å². The summed E-state index contributed by atoms with van der Waals surface area (Å²) in [7, 11) is 0. The number of carbonyl (C=O) groups excluding carboxylic acids is 2. The molecule has 1 aliphatic carbocycles. The van der Waals surface area contributed by atoms with Crippen LogP contribution in [0.25, 0.3) is 0 Å². The van der Waals surface area contributed by atoms with Gasteiger partial charge in [-0.15, -0.1) is 0 Å². The van der Waals surface area contributed by atoms with E-state index in [9.17, 15) is 9.59 Å². The molecular formula is C27H33ClN2O2. The zero-order chi connectivity index (χ0) is 22.7. The van der Waals surface area contributed by atoms with Gasteiger partial charge >= 0.3 is 0 Å². The Hall–Kier alpha value is -2.33. The summed E-state index contributed by atoms with van der Waals surface area (Å²) in [6.45, 7) is 5.99. The summed E-state index contributed by atoms with van der Waals surface area (Å²) in [4.78, 5) is 28.4. The Balaban J connectivity index is 1.44. The number of hydrogen-bond acceptors (Lipinski definition) is 2. The first-order valence-electron chi connectivity index (χ1n) is 11.8. The van der Waals surface area contributed by atoms with E-state index < -0.39 is 0 Å². The van der Waals surface area contributed by atoms with Crippen molar-refractivity contribution in [3.8, 4) is 0 Å². The topological polar surface area (TPSA) is 49.4 Å². The number of carbonyl (C=O) groups is 2. The Kier molecular flexibility index (Phi) is 6.90. The predicted octanol–water partition coefficient (Wildman–Crippen LogP) is 5.67. The molecule has 32 heavy (non-hydrogen) atoms. The molecule has 3 atom stereocenters. The van der Waals surface area contributed by atoms with Crippen molar-refractivity contribution in [2.45, 2.75) is 57.9 Å². The van der Waals surface area contributed by atoms with Crippen LogP contribution in [0.15, 0.2) is 54.6 Å². The second kappa shape index (κ2) is 9.66. The Morgan fingerprint density at radius 1 is 0.969 bits per heavy atom. The SMILES string of the molecule is CC1(C)CN(C(=O)[C@H]2CCCC[C@H]2NC(=O)c2ccccc2)CCC1c1ccc(Cl)cc1. The summed E-state index contributed by atoms with van der Waals surface area (Å²) in [5.41, 5.74) is 1.91. The molecule has 170 valence electrons. The van der Waals surface area contributed by atoms with Crippen molar-refractivity contribution in [2.75, 3.05) is 13.1 Å². The highest BCUT2D eigenvalue weighted by Gasteiger charge is 2.42. The van der Waals surface area contributed by atoms with Gasteiger partial charge in [-0.25, -0.2) is 0 Å². The van der Waals surface area contributed by atoms with E-state index in [1.807, 2.05) is 47.4 Å². The molecule has 2 aromatic carbocycles. The molecule has 0 spiro atoms. The third-order valence-corrected chi connectivity index (χ3v) is 7.50. The maximum absolute atomic E-state index is 13.6. The number of benzene rings is 2. The van der Waals surface area contributed by atoms with Crippen molar-refractivity contribution in [1.29, 1.82) is 0 Å². The minimum atomic E-state index is -0.140. The van der Waals surface area contributed by atoms with Gasteiger partial charge in [0.25, 0.3) is 5.91 Å². The fourth-order valence-corrected chi connectivity index (χ4v) is 5.66. The van der Waals surface area contributed by atoms with Gasteiger partial charge in [0.1, 0.15) is 0 Å². The first-order valence-corrected chi connectivity index (χ1v) is 12.1. The van der Waals surface area contributed by atoms with Crippen LogP contribution >= 0.6 is 11.6 Å². The van der Waals surface area contributed by atoms with Crippen LogP contribution in [0.5, 0.6) is 0 Å². The number of nitrogens with zero attached hydrogens (tertiary/aromatic N) is 1. The first-order chi connectivity index (χ1) is 15.3. The van der Waals surface area contributed by atoms with Gasteiger partial charge in [0.15, 0.2) is 0 Å². The van der Waals surface area contributed by atoms with Gasteiger partial charge in [0, 0.05) is 29.7 Å². The van der Waals surface area contributed by atoms with Crippen LogP contribution in [0.1, 0.15) is 67.8 Å². The average Bonchev–Trinajstić information content (AvgIpc) is 2.80. The normalized spacial score (nSPS) is 25.2. The van der Waals surface area contributed by atoms with Gasteiger partial charge in [-0.1, -0.05) is 68.6 Å². The van der Waals surface area contributed by atoms with Crippen LogP contribution in [0.4, 0.5) is 0 Å². The van der Waals surface area contributed by atoms with Gasteiger partial charge in [-0.05, 0) is 60.4 Å². The van der Waals surface area contributed by atoms with Crippen molar-refractivity contribution in [2.24, 2.45) is 11.3 Å². The van der Waals surface area contributed by atoms with Crippen LogP contribution in [0, 0.1) is 11.3 Å². The van der Waals surface area contributed by atoms with E-state index in [1.165, 1.54) is 5.56 Å². The molecule has 1 unspecified atom stereocenters. The Labute approximate surface area is 196 Å². The van der Waals surface area contributed by atoms with Crippen LogP contribution < -0.4 is 5.32 Å². The molecule has 0 aromatic heterocycles. The summed E-state index contributed by atoms with van der Waals surface area (Å²) in [6.07, 6.45) is 4.73. The van der Waals surface area contributed by atoms with Crippen LogP contribution in [-0.4, -0.2) is 35.8 Å². The third-order valence-electron chi connectivity index (χ3n) is 7.25. The summed E-state index contributed by atoms with van der Waals surface area (Å²) in [5.74, 6) is 0.366.